The van der Waals surface area contributed by atoms with Gasteiger partial charge in [0.05, 0.1) is 7.11 Å². The first kappa shape index (κ1) is 25.0. The zero-order valence-electron chi connectivity index (χ0n) is 19.2. The van der Waals surface area contributed by atoms with Gasteiger partial charge in [0.2, 0.25) is 0 Å². The van der Waals surface area contributed by atoms with Crippen LogP contribution >= 0.6 is 0 Å². The Bertz CT molecular complexity index is 1210. The van der Waals surface area contributed by atoms with E-state index in [-0.39, 0.29) is 22.6 Å². The second kappa shape index (κ2) is 11.0. The Morgan fingerprint density at radius 1 is 1.00 bits per heavy atom. The minimum absolute atomic E-state index is 0.115. The molecular formula is C25H27FN2O5S. The summed E-state index contributed by atoms with van der Waals surface area (Å²) in [6.07, 6.45) is 0. The van der Waals surface area contributed by atoms with Crippen LogP contribution in [0.25, 0.3) is 0 Å². The van der Waals surface area contributed by atoms with E-state index in [0.29, 0.717) is 24.5 Å². The third-order valence-electron chi connectivity index (χ3n) is 4.80. The number of hydrogen-bond acceptors (Lipinski definition) is 5. The molecule has 0 aromatic heterocycles. The van der Waals surface area contributed by atoms with Gasteiger partial charge >= 0.3 is 16.1 Å². The fraction of sp³-hybridized carbons (Fsp3) is 0.240. The Kier molecular flexibility index (Phi) is 8.12. The topological polar surface area (TPSA) is 84.9 Å². The van der Waals surface area contributed by atoms with Crippen LogP contribution < -0.4 is 14.2 Å². The number of halogens is 1. The lowest BCUT2D eigenvalue weighted by atomic mass is 10.1. The van der Waals surface area contributed by atoms with Gasteiger partial charge in [0.1, 0.15) is 22.2 Å². The highest BCUT2D eigenvalue weighted by Gasteiger charge is 2.18. The van der Waals surface area contributed by atoms with Crippen molar-refractivity contribution in [2.24, 2.45) is 5.92 Å². The normalized spacial score (nSPS) is 11.2. The van der Waals surface area contributed by atoms with Gasteiger partial charge in [0, 0.05) is 24.8 Å². The molecule has 7 nitrogen and oxygen atoms in total. The van der Waals surface area contributed by atoms with Gasteiger partial charge in [0.15, 0.2) is 0 Å². The average molecular weight is 487 g/mol. The molecule has 0 aliphatic heterocycles. The second-order valence-electron chi connectivity index (χ2n) is 8.07. The third-order valence-corrected chi connectivity index (χ3v) is 6.06. The number of nitrogens with zero attached hydrogens (tertiary/aromatic N) is 1. The predicted molar refractivity (Wildman–Crippen MR) is 128 cm³/mol. The van der Waals surface area contributed by atoms with E-state index >= 15 is 0 Å². The summed E-state index contributed by atoms with van der Waals surface area (Å²) < 4.78 is 48.2. The van der Waals surface area contributed by atoms with E-state index in [1.165, 1.54) is 12.1 Å². The molecule has 9 heteroatoms. The quantitative estimate of drug-likeness (QED) is 0.415. The molecule has 0 radical (unpaired) electrons. The fourth-order valence-corrected chi connectivity index (χ4v) is 4.14. The number of urea groups is 1. The number of benzene rings is 3. The van der Waals surface area contributed by atoms with E-state index in [2.05, 4.69) is 5.32 Å². The molecule has 0 saturated carbocycles. The highest BCUT2D eigenvalue weighted by Crippen LogP contribution is 2.21. The molecular weight excluding hydrogens is 459 g/mol. The highest BCUT2D eigenvalue weighted by atomic mass is 32.2. The molecule has 180 valence electrons. The summed E-state index contributed by atoms with van der Waals surface area (Å²) in [5.41, 5.74) is 1.42. The fourth-order valence-electron chi connectivity index (χ4n) is 3.21. The van der Waals surface area contributed by atoms with Crippen LogP contribution in [0.15, 0.2) is 77.7 Å². The molecule has 1 N–H and O–H groups in total. The van der Waals surface area contributed by atoms with E-state index in [4.69, 9.17) is 8.92 Å². The van der Waals surface area contributed by atoms with Crippen molar-refractivity contribution in [2.45, 2.75) is 25.3 Å². The van der Waals surface area contributed by atoms with Crippen LogP contribution in [0.3, 0.4) is 0 Å². The number of rotatable bonds is 9. The number of carbonyl (C=O) groups is 1. The van der Waals surface area contributed by atoms with Gasteiger partial charge in [-0.25, -0.2) is 9.18 Å². The van der Waals surface area contributed by atoms with Gasteiger partial charge in [-0.1, -0.05) is 32.0 Å². The van der Waals surface area contributed by atoms with Gasteiger partial charge in [-0.2, -0.15) is 8.42 Å². The Morgan fingerprint density at radius 2 is 1.68 bits per heavy atom. The van der Waals surface area contributed by atoms with E-state index in [1.807, 2.05) is 13.8 Å². The zero-order valence-corrected chi connectivity index (χ0v) is 20.0. The first-order valence-electron chi connectivity index (χ1n) is 10.7. The number of carbonyl (C=O) groups excluding carboxylic acids is 1. The molecule has 0 bridgehead atoms. The van der Waals surface area contributed by atoms with Gasteiger partial charge in [-0.15, -0.1) is 0 Å². The molecule has 0 aliphatic rings. The van der Waals surface area contributed by atoms with E-state index in [1.54, 1.807) is 48.4 Å². The van der Waals surface area contributed by atoms with Gasteiger partial charge < -0.3 is 19.1 Å². The molecule has 3 aromatic carbocycles. The molecule has 0 aliphatic carbocycles. The SMILES string of the molecule is COc1cccc(NC(=O)N(Cc2ccc(OS(=O)(=O)c3ccc(F)cc3)cc2)CC(C)C)c1. The number of anilines is 1. The molecule has 0 fully saturated rings. The van der Waals surface area contributed by atoms with Crippen LogP contribution in [0.2, 0.25) is 0 Å². The summed E-state index contributed by atoms with van der Waals surface area (Å²) in [5.74, 6) is 0.452. The maximum Gasteiger partial charge on any atom is 0.339 e. The molecule has 3 aromatic rings. The standard InChI is InChI=1S/C25H27FN2O5S/c1-18(2)16-28(25(29)27-21-5-4-6-23(15-21)32-3)17-19-7-11-22(12-8-19)33-34(30,31)24-13-9-20(26)10-14-24/h4-15,18H,16-17H2,1-3H3,(H,27,29). The molecule has 0 unspecified atom stereocenters. The summed E-state index contributed by atoms with van der Waals surface area (Å²) in [5, 5.41) is 2.88. The number of ether oxygens (including phenoxy) is 1. The monoisotopic (exact) mass is 486 g/mol. The minimum atomic E-state index is -4.09. The van der Waals surface area contributed by atoms with E-state index in [9.17, 15) is 17.6 Å². The molecule has 0 atom stereocenters. The Hall–Kier alpha value is -3.59. The Morgan fingerprint density at radius 3 is 2.29 bits per heavy atom. The first-order chi connectivity index (χ1) is 16.2. The van der Waals surface area contributed by atoms with Crippen molar-refractivity contribution in [2.75, 3.05) is 19.0 Å². The molecule has 0 spiro atoms. The molecule has 2 amide bonds. The van der Waals surface area contributed by atoms with Crippen LogP contribution in [-0.2, 0) is 16.7 Å². The lowest BCUT2D eigenvalue weighted by molar-refractivity contribution is 0.201. The number of methoxy groups -OCH3 is 1. The van der Waals surface area contributed by atoms with Gasteiger partial charge in [-0.05, 0) is 60.0 Å². The maximum atomic E-state index is 13.1. The summed E-state index contributed by atoms with van der Waals surface area (Å²) in [7, 11) is -2.53. The molecule has 0 heterocycles. The van der Waals surface area contributed by atoms with Crippen LogP contribution in [-0.4, -0.2) is 33.0 Å². The summed E-state index contributed by atoms with van der Waals surface area (Å²) >= 11 is 0. The lowest BCUT2D eigenvalue weighted by Crippen LogP contribution is -2.37. The van der Waals surface area contributed by atoms with Crippen molar-refractivity contribution in [1.29, 1.82) is 0 Å². The molecule has 3 rings (SSSR count). The van der Waals surface area contributed by atoms with Crippen LogP contribution in [0.1, 0.15) is 19.4 Å². The van der Waals surface area contributed by atoms with Crippen molar-refractivity contribution >= 4 is 21.8 Å². The number of amides is 2. The highest BCUT2D eigenvalue weighted by molar-refractivity contribution is 7.87. The van der Waals surface area contributed by atoms with E-state index in [0.717, 1.165) is 29.8 Å². The molecule has 34 heavy (non-hydrogen) atoms. The van der Waals surface area contributed by atoms with Crippen molar-refractivity contribution in [1.82, 2.24) is 4.90 Å². The molecule has 0 saturated heterocycles. The first-order valence-corrected chi connectivity index (χ1v) is 12.1. The van der Waals surface area contributed by atoms with Crippen molar-refractivity contribution in [3.8, 4) is 11.5 Å². The summed E-state index contributed by atoms with van der Waals surface area (Å²) in [6.45, 7) is 4.87. The Balaban J connectivity index is 1.69. The predicted octanol–water partition coefficient (Wildman–Crippen LogP) is 5.29. The van der Waals surface area contributed by atoms with Crippen LogP contribution in [0.4, 0.5) is 14.9 Å². The Labute approximate surface area is 199 Å². The number of nitrogens with one attached hydrogen (secondary N) is 1. The minimum Gasteiger partial charge on any atom is -0.497 e. The van der Waals surface area contributed by atoms with Crippen molar-refractivity contribution in [3.63, 3.8) is 0 Å². The van der Waals surface area contributed by atoms with Gasteiger partial charge in [0.25, 0.3) is 0 Å². The third kappa shape index (κ3) is 6.95. The second-order valence-corrected chi connectivity index (χ2v) is 9.62. The smallest absolute Gasteiger partial charge is 0.339 e. The number of hydrogen-bond donors (Lipinski definition) is 1. The maximum absolute atomic E-state index is 13.1. The van der Waals surface area contributed by atoms with Crippen molar-refractivity contribution in [3.05, 3.63) is 84.2 Å². The van der Waals surface area contributed by atoms with Gasteiger partial charge in [-0.3, -0.25) is 0 Å². The van der Waals surface area contributed by atoms with E-state index < -0.39 is 15.9 Å². The van der Waals surface area contributed by atoms with Crippen molar-refractivity contribution < 1.29 is 26.5 Å². The largest absolute Gasteiger partial charge is 0.497 e. The zero-order chi connectivity index (χ0) is 24.7. The van der Waals surface area contributed by atoms with Crippen LogP contribution in [0, 0.1) is 11.7 Å². The van der Waals surface area contributed by atoms with Crippen LogP contribution in [0.5, 0.6) is 11.5 Å². The lowest BCUT2D eigenvalue weighted by Gasteiger charge is -2.25. The average Bonchev–Trinajstić information content (AvgIpc) is 2.80. The summed E-state index contributed by atoms with van der Waals surface area (Å²) in [6, 6.07) is 17.7. The summed E-state index contributed by atoms with van der Waals surface area (Å²) in [4.78, 5) is 14.5.